The van der Waals surface area contributed by atoms with Crippen LogP contribution in [0.1, 0.15) is 20.7 Å². The van der Waals surface area contributed by atoms with Gasteiger partial charge in [-0.1, -0.05) is 35.8 Å². The molecular formula is C16H23GdNO11+3. The molecule has 12 nitrogen and oxygen atoms in total. The molecule has 0 bridgehead atoms. The molecule has 0 fully saturated rings. The van der Waals surface area contributed by atoms with Gasteiger partial charge in [-0.05, 0) is 12.1 Å². The predicted octanol–water partition coefficient (Wildman–Crippen LogP) is -1.35. The van der Waals surface area contributed by atoms with Gasteiger partial charge < -0.3 is 46.2 Å². The summed E-state index contributed by atoms with van der Waals surface area (Å²) in [6.45, 7) is 0. The maximum Gasteiger partial charge on any atom is 3.00 e. The van der Waals surface area contributed by atoms with Gasteiger partial charge in [-0.25, -0.2) is 0 Å². The minimum Gasteiger partial charge on any atom is -0.870 e. The fraction of sp³-hybridized carbons (Fsp3) is 0.125. The van der Waals surface area contributed by atoms with Crippen LogP contribution in [0.25, 0.3) is 0 Å². The largest absolute Gasteiger partial charge is 3.00 e. The van der Waals surface area contributed by atoms with Crippen LogP contribution in [0.3, 0.4) is 0 Å². The van der Waals surface area contributed by atoms with Crippen molar-refractivity contribution in [3.8, 4) is 23.0 Å². The summed E-state index contributed by atoms with van der Waals surface area (Å²) in [6.07, 6.45) is 1.34. The minimum absolute atomic E-state index is 0. The molecule has 0 heterocycles. The van der Waals surface area contributed by atoms with E-state index in [-0.39, 0.29) is 79.4 Å². The molecule has 0 unspecified atom stereocenters. The third kappa shape index (κ3) is 14.3. The Kier molecular flexibility index (Phi) is 28.2. The number of methoxy groups -OCH3 is 2. The average Bonchev–Trinajstić information content (AvgIpc) is 2.64. The molecule has 0 aliphatic heterocycles. The van der Waals surface area contributed by atoms with Crippen molar-refractivity contribution in [3.05, 3.63) is 57.6 Å². The van der Waals surface area contributed by atoms with Crippen LogP contribution in [0.15, 0.2) is 41.7 Å². The number of rotatable bonds is 4. The monoisotopic (exact) mass is 563 g/mol. The van der Waals surface area contributed by atoms with E-state index in [0.717, 1.165) is 5.34 Å². The Bertz CT molecular complexity index is 656. The fourth-order valence-corrected chi connectivity index (χ4v) is 1.51. The Labute approximate surface area is 197 Å². The molecule has 2 aromatic rings. The Hall–Kier alpha value is -2.42. The van der Waals surface area contributed by atoms with Crippen LogP contribution in [0.4, 0.5) is 0 Å². The van der Waals surface area contributed by atoms with Gasteiger partial charge in [0.1, 0.15) is 24.1 Å². The second kappa shape index (κ2) is 21.9. The topological polar surface area (TPSA) is 250 Å². The molecular weight excluding hydrogens is 539 g/mol. The van der Waals surface area contributed by atoms with E-state index in [1.165, 1.54) is 50.6 Å². The van der Waals surface area contributed by atoms with Crippen LogP contribution < -0.4 is 19.7 Å². The van der Waals surface area contributed by atoms with Crippen molar-refractivity contribution in [2.45, 2.75) is 0 Å². The van der Waals surface area contributed by atoms with Crippen LogP contribution in [-0.4, -0.2) is 26.8 Å². The van der Waals surface area contributed by atoms with Crippen LogP contribution in [0.5, 0.6) is 23.0 Å². The smallest absolute Gasteiger partial charge is 0.870 e. The van der Waals surface area contributed by atoms with Gasteiger partial charge in [-0.15, -0.1) is 5.34 Å². The second-order valence-corrected chi connectivity index (χ2v) is 4.13. The van der Waals surface area contributed by atoms with Crippen molar-refractivity contribution in [2.75, 3.05) is 14.2 Å². The van der Waals surface area contributed by atoms with Gasteiger partial charge in [0.2, 0.25) is 0 Å². The SMILES string of the molecule is COc1cc(C=O)ccc1[O-].COc1cc(C=O)ccc1[O-].O=N[O-].[Gd+3].[OH3+].[OH3+].[OH3+]. The number of carbonyl (C=O) groups excluding carboxylic acids is 2. The molecule has 29 heavy (non-hydrogen) atoms. The molecule has 0 amide bonds. The number of carbonyl (C=O) groups is 2. The molecule has 1 radical (unpaired) electrons. The summed E-state index contributed by atoms with van der Waals surface area (Å²) < 4.78 is 9.43. The molecule has 0 atom stereocenters. The van der Waals surface area contributed by atoms with Crippen molar-refractivity contribution in [2.24, 2.45) is 5.34 Å². The molecule has 0 aliphatic rings. The zero-order valence-electron chi connectivity index (χ0n) is 15.4. The first-order chi connectivity index (χ1) is 12.0. The van der Waals surface area contributed by atoms with Gasteiger partial charge in [0.15, 0.2) is 0 Å². The molecule has 0 spiro atoms. The molecule has 0 saturated carbocycles. The maximum atomic E-state index is 10.9. The fourth-order valence-electron chi connectivity index (χ4n) is 1.51. The van der Waals surface area contributed by atoms with E-state index >= 15 is 0 Å². The number of aldehydes is 2. The van der Waals surface area contributed by atoms with Gasteiger partial charge in [0.05, 0.1) is 14.2 Å². The zero-order valence-corrected chi connectivity index (χ0v) is 17.7. The van der Waals surface area contributed by atoms with E-state index in [9.17, 15) is 19.8 Å². The van der Waals surface area contributed by atoms with E-state index in [1.807, 2.05) is 0 Å². The van der Waals surface area contributed by atoms with Gasteiger partial charge in [0.25, 0.3) is 0 Å². The third-order valence-electron chi connectivity index (χ3n) is 2.65. The van der Waals surface area contributed by atoms with E-state index in [2.05, 4.69) is 0 Å². The first kappa shape index (κ1) is 37.4. The van der Waals surface area contributed by atoms with Gasteiger partial charge >= 0.3 is 39.9 Å². The summed E-state index contributed by atoms with van der Waals surface area (Å²) >= 11 is 0. The summed E-state index contributed by atoms with van der Waals surface area (Å²) in [7, 11) is 2.79. The third-order valence-corrected chi connectivity index (χ3v) is 2.65. The van der Waals surface area contributed by atoms with Gasteiger partial charge in [-0.3, -0.25) is 9.59 Å². The van der Waals surface area contributed by atoms with E-state index < -0.39 is 0 Å². The number of hydrogen-bond acceptors (Lipinski definition) is 9. The normalized spacial score (nSPS) is 7.38. The van der Waals surface area contributed by atoms with Crippen molar-refractivity contribution < 1.29 is 85.6 Å². The number of ether oxygens (including phenoxy) is 2. The van der Waals surface area contributed by atoms with Crippen LogP contribution in [-0.2, 0) is 16.4 Å². The maximum absolute atomic E-state index is 10.9. The molecule has 2 aromatic carbocycles. The van der Waals surface area contributed by atoms with Crippen molar-refractivity contribution >= 4 is 12.6 Å². The molecule has 0 saturated heterocycles. The quantitative estimate of drug-likeness (QED) is 0.186. The molecule has 9 N–H and O–H groups in total. The van der Waals surface area contributed by atoms with E-state index in [4.69, 9.17) is 19.6 Å². The van der Waals surface area contributed by atoms with Crippen LogP contribution in [0.2, 0.25) is 0 Å². The average molecular weight is 563 g/mol. The second-order valence-electron chi connectivity index (χ2n) is 4.13. The summed E-state index contributed by atoms with van der Waals surface area (Å²) in [5.74, 6) is -0.0135. The number of nitrogens with zero attached hydrogens (tertiary/aromatic N) is 1. The van der Waals surface area contributed by atoms with Gasteiger partial charge in [0, 0.05) is 11.1 Å². The first-order valence-electron chi connectivity index (χ1n) is 6.52. The van der Waals surface area contributed by atoms with Crippen LogP contribution >= 0.6 is 0 Å². The van der Waals surface area contributed by atoms with Crippen LogP contribution in [0, 0.1) is 50.1 Å². The zero-order chi connectivity index (χ0) is 19.2. The van der Waals surface area contributed by atoms with Gasteiger partial charge in [-0.2, -0.15) is 0 Å². The number of hydrogen-bond donors (Lipinski definition) is 0. The Balaban J connectivity index is -0.000000104. The van der Waals surface area contributed by atoms with Crippen molar-refractivity contribution in [3.63, 3.8) is 0 Å². The molecule has 163 valence electrons. The Morgan fingerprint density at radius 2 is 1.07 bits per heavy atom. The minimum atomic E-state index is -0.210. The molecule has 2 rings (SSSR count). The summed E-state index contributed by atoms with van der Waals surface area (Å²) in [5.41, 5.74) is 0.892. The Morgan fingerprint density at radius 1 is 0.793 bits per heavy atom. The molecule has 0 aliphatic carbocycles. The molecule has 0 aromatic heterocycles. The summed E-state index contributed by atoms with van der Waals surface area (Å²) in [6, 6.07) is 8.35. The van der Waals surface area contributed by atoms with Crippen molar-refractivity contribution in [1.82, 2.24) is 0 Å². The summed E-state index contributed by atoms with van der Waals surface area (Å²) in [4.78, 5) is 28.5. The van der Waals surface area contributed by atoms with E-state index in [0.29, 0.717) is 23.7 Å². The van der Waals surface area contributed by atoms with Crippen molar-refractivity contribution in [1.29, 1.82) is 0 Å². The predicted molar refractivity (Wildman–Crippen MR) is 99.4 cm³/mol. The molecule has 13 heteroatoms. The van der Waals surface area contributed by atoms with E-state index in [1.54, 1.807) is 0 Å². The number of benzene rings is 2. The first-order valence-corrected chi connectivity index (χ1v) is 6.52. The Morgan fingerprint density at radius 3 is 1.28 bits per heavy atom. The summed E-state index contributed by atoms with van der Waals surface area (Å²) in [5, 5.41) is 30.8. The standard InChI is InChI=1S/2C8H8O3.Gd.HNO2.3H2O/c2*1-11-8-4-6(5-9)2-3-7(8)10;;2-1-3;;;/h2*2-5,10H,1H3;;(H,2,3);3*1H2/q;;+3;;;;.